The summed E-state index contributed by atoms with van der Waals surface area (Å²) in [6, 6.07) is 7.69. The van der Waals surface area contributed by atoms with Gasteiger partial charge in [-0.3, -0.25) is 9.69 Å². The van der Waals surface area contributed by atoms with Crippen molar-refractivity contribution in [3.05, 3.63) is 90.3 Å². The number of benzene rings is 2. The van der Waals surface area contributed by atoms with Crippen molar-refractivity contribution in [2.75, 3.05) is 18.2 Å². The van der Waals surface area contributed by atoms with Crippen LogP contribution in [0.1, 0.15) is 5.82 Å². The molecule has 0 unspecified atom stereocenters. The van der Waals surface area contributed by atoms with Crippen molar-refractivity contribution in [1.29, 1.82) is 0 Å². The van der Waals surface area contributed by atoms with Crippen LogP contribution in [0, 0.1) is 5.82 Å². The number of methoxy groups -OCH3 is 1. The smallest absolute Gasteiger partial charge is 0.253 e. The molecule has 2 heterocycles. The summed E-state index contributed by atoms with van der Waals surface area (Å²) < 4.78 is 19.0. The maximum absolute atomic E-state index is 13.6. The molecule has 2 aromatic carbocycles. The van der Waals surface area contributed by atoms with Crippen LogP contribution in [0.2, 0.25) is 5.02 Å². The van der Waals surface area contributed by atoms with E-state index >= 15 is 0 Å². The summed E-state index contributed by atoms with van der Waals surface area (Å²) in [6.45, 7) is 3.50. The molecule has 1 amide bonds. The van der Waals surface area contributed by atoms with E-state index in [2.05, 4.69) is 21.9 Å². The number of nitrogens with one attached hydrogen (secondary N) is 1. The molecule has 9 heteroatoms. The minimum Gasteiger partial charge on any atom is -0.495 e. The van der Waals surface area contributed by atoms with Crippen molar-refractivity contribution in [2.45, 2.75) is 0 Å². The van der Waals surface area contributed by atoms with E-state index in [1.54, 1.807) is 48.8 Å². The average Bonchev–Trinajstić information content (AvgIpc) is 3.07. The molecule has 0 fully saturated rings. The summed E-state index contributed by atoms with van der Waals surface area (Å²) in [5, 5.41) is 3.78. The third-order valence-corrected chi connectivity index (χ3v) is 5.14. The highest BCUT2D eigenvalue weighted by atomic mass is 35.5. The molecule has 0 saturated heterocycles. The SMILES string of the molecule is C=CC(=O)N1C=CC=C(c2nc(Nc3ccc(F)c(Cl)c3)c3cc(N)c(OC)cc3n2)C=C1. The van der Waals surface area contributed by atoms with Crippen LogP contribution in [0.4, 0.5) is 21.6 Å². The van der Waals surface area contributed by atoms with Gasteiger partial charge in [0.2, 0.25) is 0 Å². The first-order chi connectivity index (χ1) is 15.9. The number of nitrogens with zero attached hydrogens (tertiary/aromatic N) is 3. The number of hydrogen-bond donors (Lipinski definition) is 2. The molecule has 1 aliphatic rings. The summed E-state index contributed by atoms with van der Waals surface area (Å²) in [4.78, 5) is 22.6. The molecule has 0 bridgehead atoms. The molecule has 1 aliphatic heterocycles. The molecule has 0 aliphatic carbocycles. The lowest BCUT2D eigenvalue weighted by molar-refractivity contribution is -0.121. The van der Waals surface area contributed by atoms with Crippen LogP contribution in [0.5, 0.6) is 5.75 Å². The lowest BCUT2D eigenvalue weighted by Gasteiger charge is -2.14. The van der Waals surface area contributed by atoms with Crippen LogP contribution in [0.15, 0.2) is 73.6 Å². The number of rotatable bonds is 5. The van der Waals surface area contributed by atoms with E-state index in [9.17, 15) is 9.18 Å². The Morgan fingerprint density at radius 3 is 2.82 bits per heavy atom. The van der Waals surface area contributed by atoms with Gasteiger partial charge in [0.1, 0.15) is 17.4 Å². The highest BCUT2D eigenvalue weighted by Gasteiger charge is 2.15. The maximum atomic E-state index is 13.6. The number of carbonyl (C=O) groups is 1. The van der Waals surface area contributed by atoms with Gasteiger partial charge in [-0.05, 0) is 48.6 Å². The predicted molar refractivity (Wildman–Crippen MR) is 128 cm³/mol. The van der Waals surface area contributed by atoms with Crippen molar-refractivity contribution in [2.24, 2.45) is 0 Å². The zero-order valence-electron chi connectivity index (χ0n) is 17.5. The van der Waals surface area contributed by atoms with E-state index in [1.807, 2.05) is 0 Å². The van der Waals surface area contributed by atoms with Gasteiger partial charge in [-0.25, -0.2) is 14.4 Å². The molecule has 166 valence electrons. The molecule has 3 aromatic rings. The van der Waals surface area contributed by atoms with Crippen molar-refractivity contribution >= 4 is 51.2 Å². The zero-order valence-corrected chi connectivity index (χ0v) is 18.3. The number of halogens is 2. The molecular weight excluding hydrogens is 445 g/mol. The molecule has 0 atom stereocenters. The summed E-state index contributed by atoms with van der Waals surface area (Å²) in [6.07, 6.45) is 9.64. The summed E-state index contributed by atoms with van der Waals surface area (Å²) in [5.41, 5.74) is 8.28. The number of hydrogen-bond acceptors (Lipinski definition) is 6. The van der Waals surface area contributed by atoms with E-state index in [0.29, 0.717) is 45.2 Å². The average molecular weight is 464 g/mol. The van der Waals surface area contributed by atoms with Crippen molar-refractivity contribution in [3.63, 3.8) is 0 Å². The number of nitrogen functional groups attached to an aromatic ring is 1. The van der Waals surface area contributed by atoms with Gasteiger partial charge in [0.05, 0.1) is 23.3 Å². The van der Waals surface area contributed by atoms with E-state index in [1.165, 1.54) is 30.2 Å². The third-order valence-electron chi connectivity index (χ3n) is 4.85. The maximum Gasteiger partial charge on any atom is 0.253 e. The second-order valence-corrected chi connectivity index (χ2v) is 7.40. The Hall–Kier alpha value is -4.17. The van der Waals surface area contributed by atoms with E-state index < -0.39 is 5.82 Å². The second-order valence-electron chi connectivity index (χ2n) is 6.99. The monoisotopic (exact) mass is 463 g/mol. The van der Waals surface area contributed by atoms with Crippen LogP contribution in [0.3, 0.4) is 0 Å². The number of fused-ring (bicyclic) bond motifs is 1. The topological polar surface area (TPSA) is 93.4 Å². The van der Waals surface area contributed by atoms with E-state index in [0.717, 1.165) is 0 Å². The van der Waals surface area contributed by atoms with Gasteiger partial charge in [-0.1, -0.05) is 18.2 Å². The quantitative estimate of drug-likeness (QED) is 0.399. The Balaban J connectivity index is 1.84. The second kappa shape index (κ2) is 9.13. The Morgan fingerprint density at radius 1 is 1.27 bits per heavy atom. The van der Waals surface area contributed by atoms with Crippen molar-refractivity contribution < 1.29 is 13.9 Å². The van der Waals surface area contributed by atoms with Crippen molar-refractivity contribution in [1.82, 2.24) is 14.9 Å². The third kappa shape index (κ3) is 4.56. The molecule has 1 aromatic heterocycles. The number of carbonyl (C=O) groups excluding carboxylic acids is 1. The van der Waals surface area contributed by atoms with Gasteiger partial charge in [0.25, 0.3) is 5.91 Å². The normalized spacial score (nSPS) is 12.9. The summed E-state index contributed by atoms with van der Waals surface area (Å²) in [7, 11) is 1.52. The Labute approximate surface area is 194 Å². The van der Waals surface area contributed by atoms with Crippen LogP contribution in [-0.4, -0.2) is 27.9 Å². The fraction of sp³-hybridized carbons (Fsp3) is 0.0417. The molecule has 0 spiro atoms. The molecular formula is C24H19ClFN5O2. The Kier molecular flexibility index (Phi) is 6.10. The van der Waals surface area contributed by atoms with Gasteiger partial charge in [0, 0.05) is 35.1 Å². The minimum atomic E-state index is -0.524. The predicted octanol–water partition coefficient (Wildman–Crippen LogP) is 5.20. The molecule has 0 saturated carbocycles. The van der Waals surface area contributed by atoms with Crippen LogP contribution >= 0.6 is 11.6 Å². The van der Waals surface area contributed by atoms with Crippen LogP contribution in [-0.2, 0) is 4.79 Å². The van der Waals surface area contributed by atoms with E-state index in [4.69, 9.17) is 22.1 Å². The van der Waals surface area contributed by atoms with Crippen molar-refractivity contribution in [3.8, 4) is 5.75 Å². The highest BCUT2D eigenvalue weighted by Crippen LogP contribution is 2.33. The largest absolute Gasteiger partial charge is 0.495 e. The first kappa shape index (κ1) is 22.0. The Morgan fingerprint density at radius 2 is 2.09 bits per heavy atom. The first-order valence-corrected chi connectivity index (χ1v) is 10.2. The van der Waals surface area contributed by atoms with Crippen LogP contribution < -0.4 is 15.8 Å². The van der Waals surface area contributed by atoms with Crippen LogP contribution in [0.25, 0.3) is 16.5 Å². The molecule has 3 N–H and O–H groups in total. The number of ether oxygens (including phenoxy) is 1. The van der Waals surface area contributed by atoms with Gasteiger partial charge in [0.15, 0.2) is 5.82 Å². The number of nitrogens with two attached hydrogens (primary N) is 1. The number of aromatic nitrogens is 2. The Bertz CT molecular complexity index is 1370. The van der Waals surface area contributed by atoms with Gasteiger partial charge in [-0.2, -0.15) is 0 Å². The molecule has 0 radical (unpaired) electrons. The van der Waals surface area contributed by atoms with Gasteiger partial charge < -0.3 is 15.8 Å². The minimum absolute atomic E-state index is 0.0220. The fourth-order valence-corrected chi connectivity index (χ4v) is 3.37. The highest BCUT2D eigenvalue weighted by molar-refractivity contribution is 6.31. The van der Waals surface area contributed by atoms with Gasteiger partial charge >= 0.3 is 0 Å². The number of amides is 1. The first-order valence-electron chi connectivity index (χ1n) is 9.78. The van der Waals surface area contributed by atoms with Gasteiger partial charge in [-0.15, -0.1) is 0 Å². The zero-order chi connectivity index (χ0) is 23.5. The lowest BCUT2D eigenvalue weighted by atomic mass is 10.1. The molecule has 7 nitrogen and oxygen atoms in total. The van der Waals surface area contributed by atoms with E-state index in [-0.39, 0.29) is 10.9 Å². The fourth-order valence-electron chi connectivity index (χ4n) is 3.19. The summed E-state index contributed by atoms with van der Waals surface area (Å²) >= 11 is 5.94. The number of anilines is 3. The number of allylic oxidation sites excluding steroid dienone is 4. The standard InChI is InChI=1S/C24H19ClFN5O2/c1-3-22(32)31-9-4-5-14(8-10-31)23-29-20-13-21(33-2)19(27)12-16(20)24(30-23)28-15-6-7-18(26)17(25)11-15/h3-13H,1,27H2,2H3,(H,28,29,30). The summed E-state index contributed by atoms with van der Waals surface area (Å²) in [5.74, 6) is 0.499. The molecule has 33 heavy (non-hydrogen) atoms. The molecule has 4 rings (SSSR count). The lowest BCUT2D eigenvalue weighted by Crippen LogP contribution is -2.16.